The molecule has 1 rings (SSSR count). The molecule has 0 saturated carbocycles. The van der Waals surface area contributed by atoms with Crippen LogP contribution in [-0.4, -0.2) is 87.5 Å². The summed E-state index contributed by atoms with van der Waals surface area (Å²) in [5.74, 6) is -0.225. The molecule has 440 valence electrons. The first-order valence-corrected chi connectivity index (χ1v) is 30.7. The molecular weight excluding hydrogens is 971 g/mol. The first-order valence-electron chi connectivity index (χ1n) is 30.7. The van der Waals surface area contributed by atoms with Crippen molar-refractivity contribution in [3.05, 3.63) is 158 Å². The summed E-state index contributed by atoms with van der Waals surface area (Å²) >= 11 is 0. The zero-order valence-corrected chi connectivity index (χ0v) is 48.8. The van der Waals surface area contributed by atoms with Gasteiger partial charge in [0.2, 0.25) is 5.91 Å². The summed E-state index contributed by atoms with van der Waals surface area (Å²) in [6.07, 6.45) is 81.7. The summed E-state index contributed by atoms with van der Waals surface area (Å²) < 4.78 is 11.2. The zero-order chi connectivity index (χ0) is 56.5. The van der Waals surface area contributed by atoms with Gasteiger partial charge < -0.3 is 40.3 Å². The molecule has 1 amide bonds. The van der Waals surface area contributed by atoms with Crippen molar-refractivity contribution >= 4 is 5.91 Å². The molecule has 9 nitrogen and oxygen atoms in total. The molecule has 1 aliphatic heterocycles. The van der Waals surface area contributed by atoms with E-state index in [0.29, 0.717) is 6.42 Å². The van der Waals surface area contributed by atoms with Crippen molar-refractivity contribution < 1.29 is 39.8 Å². The van der Waals surface area contributed by atoms with E-state index in [-0.39, 0.29) is 18.9 Å². The van der Waals surface area contributed by atoms with Crippen molar-refractivity contribution in [3.63, 3.8) is 0 Å². The highest BCUT2D eigenvalue weighted by molar-refractivity contribution is 5.76. The van der Waals surface area contributed by atoms with Crippen molar-refractivity contribution in [1.29, 1.82) is 0 Å². The summed E-state index contributed by atoms with van der Waals surface area (Å²) in [5, 5.41) is 54.5. The first-order chi connectivity index (χ1) is 38.3. The van der Waals surface area contributed by atoms with Crippen molar-refractivity contribution in [1.82, 2.24) is 5.32 Å². The molecule has 0 aliphatic carbocycles. The molecule has 7 unspecified atom stereocenters. The number of aliphatic hydroxyl groups is 5. The number of aliphatic hydroxyl groups excluding tert-OH is 5. The molecule has 0 aromatic heterocycles. The number of carbonyl (C=O) groups is 1. The van der Waals surface area contributed by atoms with Gasteiger partial charge in [-0.1, -0.05) is 255 Å². The van der Waals surface area contributed by atoms with Crippen LogP contribution in [0.1, 0.15) is 213 Å². The Kier molecular flexibility index (Phi) is 51.7. The lowest BCUT2D eigenvalue weighted by atomic mass is 9.99. The van der Waals surface area contributed by atoms with E-state index >= 15 is 0 Å². The van der Waals surface area contributed by atoms with Crippen LogP contribution in [0.2, 0.25) is 0 Å². The standard InChI is InChI=1S/C69H111NO8/c1-3-5-7-9-11-13-15-17-19-21-22-23-24-25-26-27-28-29-30-31-32-33-34-35-36-37-38-39-40-41-42-43-45-47-49-51-53-55-57-59-65(73)70-62(61-77-69-68(76)67(75)66(74)64(60-71)78-69)63(72)58-56-54-52-50-48-46-44-20-18-16-14-12-10-8-6-4-2/h5,7,11,13,17,19,22-23,25-26,28-29,31-32,34-35,37-38,40-41,43,45,49,51,56,58,62-64,66-69,71-72,74-76H,3-4,6,8-10,12,14-16,18,20-21,24,27,30,33,36,39,42,44,46-48,50,52-55,57,59-61H2,1-2H3,(H,70,73)/b7-5-,13-11-,19-17-,23-22-,26-25-,29-28-,32-31-,35-34-,38-37-,41-40-,45-43-,51-49-,58-56+. The van der Waals surface area contributed by atoms with Gasteiger partial charge in [0.05, 0.1) is 25.4 Å². The van der Waals surface area contributed by atoms with Crippen LogP contribution in [0.25, 0.3) is 0 Å². The van der Waals surface area contributed by atoms with Crippen LogP contribution in [0.3, 0.4) is 0 Å². The fraction of sp³-hybridized carbons (Fsp3) is 0.609. The van der Waals surface area contributed by atoms with E-state index < -0.39 is 49.5 Å². The smallest absolute Gasteiger partial charge is 0.220 e. The fourth-order valence-corrected chi connectivity index (χ4v) is 8.55. The van der Waals surface area contributed by atoms with Crippen molar-refractivity contribution in [2.24, 2.45) is 0 Å². The van der Waals surface area contributed by atoms with E-state index in [1.807, 2.05) is 6.08 Å². The Balaban J connectivity index is 2.24. The Hall–Kier alpha value is -4.19. The third-order valence-corrected chi connectivity index (χ3v) is 13.4. The number of amides is 1. The molecule has 0 aromatic rings. The van der Waals surface area contributed by atoms with Gasteiger partial charge in [-0.05, 0) is 109 Å². The molecule has 78 heavy (non-hydrogen) atoms. The lowest BCUT2D eigenvalue weighted by molar-refractivity contribution is -0.302. The number of hydrogen-bond acceptors (Lipinski definition) is 8. The Morgan fingerprint density at radius 3 is 1.18 bits per heavy atom. The maximum Gasteiger partial charge on any atom is 0.220 e. The number of carbonyl (C=O) groups excluding carboxylic acids is 1. The molecule has 1 heterocycles. The van der Waals surface area contributed by atoms with Crippen LogP contribution in [0.15, 0.2) is 158 Å². The van der Waals surface area contributed by atoms with E-state index in [1.54, 1.807) is 6.08 Å². The minimum absolute atomic E-state index is 0.216. The quantitative estimate of drug-likeness (QED) is 0.0261. The second kappa shape index (κ2) is 56.1. The van der Waals surface area contributed by atoms with Gasteiger partial charge >= 0.3 is 0 Å². The highest BCUT2D eigenvalue weighted by Gasteiger charge is 2.44. The largest absolute Gasteiger partial charge is 0.394 e. The molecule has 6 N–H and O–H groups in total. The second-order valence-corrected chi connectivity index (χ2v) is 20.4. The topological polar surface area (TPSA) is 149 Å². The van der Waals surface area contributed by atoms with Gasteiger partial charge in [0.15, 0.2) is 6.29 Å². The Bertz CT molecular complexity index is 1780. The molecule has 1 saturated heterocycles. The molecule has 7 atom stereocenters. The van der Waals surface area contributed by atoms with Gasteiger partial charge in [-0.15, -0.1) is 0 Å². The Morgan fingerprint density at radius 1 is 0.449 bits per heavy atom. The highest BCUT2D eigenvalue weighted by atomic mass is 16.7. The lowest BCUT2D eigenvalue weighted by Gasteiger charge is -2.40. The number of unbranched alkanes of at least 4 members (excludes halogenated alkanes) is 16. The van der Waals surface area contributed by atoms with Crippen LogP contribution in [0.4, 0.5) is 0 Å². The molecule has 0 bridgehead atoms. The van der Waals surface area contributed by atoms with Crippen LogP contribution in [-0.2, 0) is 14.3 Å². The zero-order valence-electron chi connectivity index (χ0n) is 48.8. The van der Waals surface area contributed by atoms with E-state index in [9.17, 15) is 30.3 Å². The highest BCUT2D eigenvalue weighted by Crippen LogP contribution is 2.23. The molecule has 0 aromatic carbocycles. The molecule has 9 heteroatoms. The fourth-order valence-electron chi connectivity index (χ4n) is 8.55. The van der Waals surface area contributed by atoms with Crippen LogP contribution < -0.4 is 5.32 Å². The molecule has 1 fully saturated rings. The third kappa shape index (κ3) is 44.6. The molecule has 1 aliphatic rings. The van der Waals surface area contributed by atoms with Crippen LogP contribution in [0.5, 0.6) is 0 Å². The van der Waals surface area contributed by atoms with Crippen molar-refractivity contribution in [2.45, 2.75) is 256 Å². The average molecular weight is 1080 g/mol. The predicted octanol–water partition coefficient (Wildman–Crippen LogP) is 16.0. The number of allylic oxidation sites excluding steroid dienone is 25. The second-order valence-electron chi connectivity index (χ2n) is 20.4. The number of hydrogen-bond donors (Lipinski definition) is 6. The normalized spacial score (nSPS) is 19.8. The predicted molar refractivity (Wildman–Crippen MR) is 331 cm³/mol. The van der Waals surface area contributed by atoms with Gasteiger partial charge in [0.25, 0.3) is 0 Å². The molecular formula is C69H111NO8. The monoisotopic (exact) mass is 1080 g/mol. The van der Waals surface area contributed by atoms with E-state index in [2.05, 4.69) is 165 Å². The van der Waals surface area contributed by atoms with Gasteiger partial charge in [0.1, 0.15) is 24.4 Å². The maximum absolute atomic E-state index is 13.0. The summed E-state index contributed by atoms with van der Waals surface area (Å²) in [6.45, 7) is 3.63. The van der Waals surface area contributed by atoms with Gasteiger partial charge in [-0.3, -0.25) is 4.79 Å². The molecule has 0 radical (unpaired) electrons. The van der Waals surface area contributed by atoms with E-state index in [0.717, 1.165) is 109 Å². The van der Waals surface area contributed by atoms with E-state index in [1.165, 1.54) is 77.0 Å². The Labute approximate surface area is 475 Å². The molecule has 0 spiro atoms. The Morgan fingerprint density at radius 2 is 0.795 bits per heavy atom. The van der Waals surface area contributed by atoms with Gasteiger partial charge in [0, 0.05) is 6.42 Å². The maximum atomic E-state index is 13.0. The summed E-state index contributed by atoms with van der Waals surface area (Å²) in [6, 6.07) is -0.840. The van der Waals surface area contributed by atoms with Gasteiger partial charge in [-0.2, -0.15) is 0 Å². The third-order valence-electron chi connectivity index (χ3n) is 13.4. The SMILES string of the molecule is CC/C=C\C/C=C\C/C=C\C/C=C\C/C=C\C/C=C\C/C=C\C/C=C\C/C=C\C/C=C\C/C=C\C/C=C\CCCCC(=O)NC(COC1OC(CO)C(O)C(O)C1O)C(O)/C=C/CCCCCCCCCCCCCCCC. The van der Waals surface area contributed by atoms with Crippen molar-refractivity contribution in [3.8, 4) is 0 Å². The number of rotatable bonds is 50. The lowest BCUT2D eigenvalue weighted by Crippen LogP contribution is -2.60. The number of nitrogens with one attached hydrogen (secondary N) is 1. The van der Waals surface area contributed by atoms with Gasteiger partial charge in [-0.25, -0.2) is 0 Å². The first kappa shape index (κ1) is 71.8. The van der Waals surface area contributed by atoms with Crippen molar-refractivity contribution in [2.75, 3.05) is 13.2 Å². The van der Waals surface area contributed by atoms with E-state index in [4.69, 9.17) is 9.47 Å². The summed E-state index contributed by atoms with van der Waals surface area (Å²) in [7, 11) is 0. The summed E-state index contributed by atoms with van der Waals surface area (Å²) in [5.41, 5.74) is 0. The number of ether oxygens (including phenoxy) is 2. The van der Waals surface area contributed by atoms with Crippen LogP contribution in [0, 0.1) is 0 Å². The average Bonchev–Trinajstić information content (AvgIpc) is 3.45. The summed E-state index contributed by atoms with van der Waals surface area (Å²) in [4.78, 5) is 13.0. The minimum atomic E-state index is -1.58. The van der Waals surface area contributed by atoms with Crippen LogP contribution >= 0.6 is 0 Å². The minimum Gasteiger partial charge on any atom is -0.394 e.